The number of nitrogens with zero attached hydrogens (tertiary/aromatic N) is 2. The number of aliphatic hydroxyl groups is 5. The number of methoxy groups -OCH3 is 1. The van der Waals surface area contributed by atoms with Crippen LogP contribution in [0.4, 0.5) is 5.82 Å². The van der Waals surface area contributed by atoms with Gasteiger partial charge in [0.2, 0.25) is 6.29 Å². The normalized spacial score (nSPS) is 40.5. The van der Waals surface area contributed by atoms with Crippen LogP contribution >= 0.6 is 26.3 Å². The zero-order valence-electron chi connectivity index (χ0n) is 22.1. The summed E-state index contributed by atoms with van der Waals surface area (Å²) in [6.45, 7) is -3.72. The second-order valence-corrected chi connectivity index (χ2v) is 15.1. The van der Waals surface area contributed by atoms with E-state index < -0.39 is 87.7 Å². The van der Waals surface area contributed by atoms with Crippen LogP contribution in [0.5, 0.6) is 0 Å². The van der Waals surface area contributed by atoms with E-state index in [1.165, 1.54) is 24.8 Å². The van der Waals surface area contributed by atoms with E-state index in [-0.39, 0.29) is 6.61 Å². The van der Waals surface area contributed by atoms with E-state index in [0.717, 1.165) is 0 Å². The highest BCUT2D eigenvalue weighted by Crippen LogP contribution is 2.59. The Morgan fingerprint density at radius 1 is 1.33 bits per heavy atom. The predicted octanol–water partition coefficient (Wildman–Crippen LogP) is -1.26. The zero-order chi connectivity index (χ0) is 30.8. The molecule has 21 heteroatoms. The Morgan fingerprint density at radius 2 is 2.05 bits per heavy atom. The molecular formula is C21H31N4O13P2S2+. The first kappa shape index (κ1) is 32.5. The van der Waals surface area contributed by atoms with Crippen LogP contribution in [0.3, 0.4) is 0 Å². The Bertz CT molecular complexity index is 1390. The number of nitrogens with two attached hydrogens (primary N) is 2. The SMILES string of the molecule is CO[C@]1(C)[C@H](N)[C@@H](COP(O)(=S)O[P+](=O)OC2OC3(O)C2C(O)C(O)C3[C@@H](O)CO)O[C@H]1c1csc2c(N)ncnc12. The van der Waals surface area contributed by atoms with Crippen molar-refractivity contribution in [3.63, 3.8) is 0 Å². The van der Waals surface area contributed by atoms with Gasteiger partial charge in [-0.3, -0.25) is 0 Å². The third kappa shape index (κ3) is 5.33. The van der Waals surface area contributed by atoms with Crippen LogP contribution in [0, 0.1) is 11.8 Å². The van der Waals surface area contributed by atoms with E-state index in [9.17, 15) is 35.0 Å². The first-order valence-electron chi connectivity index (χ1n) is 12.5. The number of rotatable bonds is 11. The van der Waals surface area contributed by atoms with Gasteiger partial charge in [0.25, 0.3) is 0 Å². The van der Waals surface area contributed by atoms with E-state index >= 15 is 0 Å². The first-order valence-corrected chi connectivity index (χ1v) is 17.0. The van der Waals surface area contributed by atoms with Crippen molar-refractivity contribution in [2.45, 2.75) is 61.2 Å². The Balaban J connectivity index is 1.20. The molecule has 3 aliphatic rings. The Kier molecular flexibility index (Phi) is 9.10. The lowest BCUT2D eigenvalue weighted by Gasteiger charge is -2.47. The maximum Gasteiger partial charge on any atom is 0.709 e. The van der Waals surface area contributed by atoms with E-state index in [4.69, 9.17) is 50.8 Å². The summed E-state index contributed by atoms with van der Waals surface area (Å²) in [4.78, 5) is 18.9. The van der Waals surface area contributed by atoms with Crippen molar-refractivity contribution in [2.75, 3.05) is 26.1 Å². The first-order chi connectivity index (χ1) is 19.7. The maximum absolute atomic E-state index is 12.5. The Hall–Kier alpha value is -0.930. The van der Waals surface area contributed by atoms with Crippen molar-refractivity contribution < 1.29 is 62.6 Å². The molecule has 234 valence electrons. The number of fused-ring (bicyclic) bond motifs is 2. The largest absolute Gasteiger partial charge is 0.709 e. The molecule has 0 spiro atoms. The van der Waals surface area contributed by atoms with E-state index in [1.54, 1.807) is 6.92 Å². The summed E-state index contributed by atoms with van der Waals surface area (Å²) >= 11 is 6.29. The van der Waals surface area contributed by atoms with Crippen LogP contribution in [0.1, 0.15) is 18.6 Å². The lowest BCUT2D eigenvalue weighted by atomic mass is 9.86. The molecule has 2 aromatic rings. The second-order valence-electron chi connectivity index (χ2n) is 10.3. The summed E-state index contributed by atoms with van der Waals surface area (Å²) in [7, 11) is -1.77. The summed E-state index contributed by atoms with van der Waals surface area (Å²) in [6.07, 6.45) is -6.80. The van der Waals surface area contributed by atoms with Gasteiger partial charge in [0.1, 0.15) is 30.0 Å². The molecule has 0 radical (unpaired) electrons. The molecule has 2 aromatic heterocycles. The Labute approximate surface area is 248 Å². The number of aromatic nitrogens is 2. The van der Waals surface area contributed by atoms with E-state index in [0.29, 0.717) is 21.6 Å². The summed E-state index contributed by atoms with van der Waals surface area (Å²) in [5, 5.41) is 52.1. The number of thiophene rings is 1. The van der Waals surface area contributed by atoms with Crippen molar-refractivity contribution in [3.05, 3.63) is 17.3 Å². The van der Waals surface area contributed by atoms with Gasteiger partial charge in [-0.15, -0.1) is 11.3 Å². The fourth-order valence-electron chi connectivity index (χ4n) is 5.70. The smallest absolute Gasteiger partial charge is 0.394 e. The quantitative estimate of drug-likeness (QED) is 0.129. The third-order valence-electron chi connectivity index (χ3n) is 8.03. The highest BCUT2D eigenvalue weighted by Gasteiger charge is 2.74. The molecule has 13 atom stereocenters. The van der Waals surface area contributed by atoms with Crippen molar-refractivity contribution in [1.82, 2.24) is 9.97 Å². The minimum Gasteiger partial charge on any atom is -0.394 e. The van der Waals surface area contributed by atoms with Gasteiger partial charge in [-0.2, -0.15) is 0 Å². The van der Waals surface area contributed by atoms with Crippen molar-refractivity contribution in [2.24, 2.45) is 17.6 Å². The minimum atomic E-state index is -4.24. The molecular weight excluding hydrogens is 642 g/mol. The van der Waals surface area contributed by atoms with Gasteiger partial charge in [-0.1, -0.05) is 4.52 Å². The van der Waals surface area contributed by atoms with Gasteiger partial charge in [-0.05, 0) is 28.4 Å². The van der Waals surface area contributed by atoms with E-state index in [2.05, 4.69) is 9.97 Å². The molecule has 10 N–H and O–H groups in total. The van der Waals surface area contributed by atoms with Crippen LogP contribution in [0.2, 0.25) is 0 Å². The number of hydrogen-bond acceptors (Lipinski definition) is 18. The van der Waals surface area contributed by atoms with Crippen LogP contribution in [0.15, 0.2) is 11.7 Å². The van der Waals surface area contributed by atoms with Crippen molar-refractivity contribution in [3.8, 4) is 0 Å². The van der Waals surface area contributed by atoms with E-state index in [1.807, 2.05) is 5.38 Å². The fourth-order valence-corrected chi connectivity index (χ4v) is 9.00. The third-order valence-corrected chi connectivity index (χ3v) is 12.2. The average molecular weight is 674 g/mol. The number of ether oxygens (including phenoxy) is 3. The molecule has 8 unspecified atom stereocenters. The van der Waals surface area contributed by atoms with Crippen LogP contribution in [0.25, 0.3) is 10.2 Å². The molecule has 5 rings (SSSR count). The maximum atomic E-state index is 12.5. The topological polar surface area (TPSA) is 272 Å². The number of anilines is 1. The zero-order valence-corrected chi connectivity index (χ0v) is 25.5. The molecule has 1 aliphatic carbocycles. The van der Waals surface area contributed by atoms with Gasteiger partial charge in [0.05, 0.1) is 59.6 Å². The summed E-state index contributed by atoms with van der Waals surface area (Å²) in [5.41, 5.74) is 12.6. The second kappa shape index (κ2) is 11.8. The molecule has 42 heavy (non-hydrogen) atoms. The molecule has 0 amide bonds. The van der Waals surface area contributed by atoms with Crippen LogP contribution in [-0.2, 0) is 43.9 Å². The number of hydrogen-bond donors (Lipinski definition) is 8. The molecule has 17 nitrogen and oxygen atoms in total. The average Bonchev–Trinajstić information content (AvgIpc) is 3.50. The van der Waals surface area contributed by atoms with Gasteiger partial charge < -0.3 is 60.6 Å². The van der Waals surface area contributed by atoms with Crippen LogP contribution in [-0.4, -0.2) is 109 Å². The minimum absolute atomic E-state index is 0.310. The standard InChI is InChI=1S/C21H30N4O13P2S2/c1-20(33-2)16(22)9(35-17(20)7-5-42-15-12(7)24-6-25-18(15)23)4-34-40(32,41)38-39(31)37-19-11-14(29)13(28)10(8(27)3-26)21(11,30)36-19/h5-6,8-11,13-14,16-17,19,26-30H,3-4,22H2,1-2H3,(H2-,23,24,25,32,41)/p+1/t8-,9+,10?,11?,13?,14?,16+,17-,19?,20+,21?,40?/m0/s1. The monoisotopic (exact) mass is 673 g/mol. The van der Waals surface area contributed by atoms with Crippen molar-refractivity contribution >= 4 is 54.2 Å². The molecule has 4 heterocycles. The number of nitrogen functional groups attached to an aromatic ring is 1. The van der Waals surface area contributed by atoms with Gasteiger partial charge >= 0.3 is 15.0 Å². The fraction of sp³-hybridized carbons (Fsp3) is 0.714. The summed E-state index contributed by atoms with van der Waals surface area (Å²) < 4.78 is 45.6. The lowest BCUT2D eigenvalue weighted by Crippen LogP contribution is -2.64. The highest BCUT2D eigenvalue weighted by molar-refractivity contribution is 8.08. The molecule has 3 fully saturated rings. The molecule has 0 aromatic carbocycles. The molecule has 0 bridgehead atoms. The molecule has 2 saturated heterocycles. The molecule has 2 aliphatic heterocycles. The Morgan fingerprint density at radius 3 is 2.71 bits per heavy atom. The predicted molar refractivity (Wildman–Crippen MR) is 147 cm³/mol. The summed E-state index contributed by atoms with van der Waals surface area (Å²) in [6, 6.07) is -0.791. The summed E-state index contributed by atoms with van der Waals surface area (Å²) in [5.74, 6) is -4.79. The van der Waals surface area contributed by atoms with Crippen molar-refractivity contribution in [1.29, 1.82) is 0 Å². The highest BCUT2D eigenvalue weighted by atomic mass is 32.5. The number of aliphatic hydroxyl groups excluding tert-OH is 4. The lowest BCUT2D eigenvalue weighted by molar-refractivity contribution is -0.426. The van der Waals surface area contributed by atoms with Crippen LogP contribution < -0.4 is 11.5 Å². The van der Waals surface area contributed by atoms with Gasteiger partial charge in [0.15, 0.2) is 5.79 Å². The van der Waals surface area contributed by atoms with Gasteiger partial charge in [-0.25, -0.2) is 9.97 Å². The van der Waals surface area contributed by atoms with Gasteiger partial charge in [0, 0.05) is 17.2 Å². The molecule has 1 saturated carbocycles.